The van der Waals surface area contributed by atoms with Crippen molar-refractivity contribution in [1.29, 1.82) is 0 Å². The van der Waals surface area contributed by atoms with Gasteiger partial charge in [-0.05, 0) is 65.8 Å². The fourth-order valence-corrected chi connectivity index (χ4v) is 2.97. The number of benzene rings is 2. The number of ether oxygens (including phenoxy) is 1. The van der Waals surface area contributed by atoms with Gasteiger partial charge in [0.2, 0.25) is 0 Å². The van der Waals surface area contributed by atoms with Crippen molar-refractivity contribution in [2.45, 2.75) is 13.1 Å². The lowest BCUT2D eigenvalue weighted by Gasteiger charge is -2.26. The first kappa shape index (κ1) is 19.1. The van der Waals surface area contributed by atoms with Crippen molar-refractivity contribution in [2.75, 3.05) is 12.4 Å². The third-order valence-electron chi connectivity index (χ3n) is 4.01. The number of pyridine rings is 1. The van der Waals surface area contributed by atoms with Crippen LogP contribution in [0.1, 0.15) is 11.1 Å². The number of methoxy groups -OCH3 is 1. The minimum Gasteiger partial charge on any atom is -0.497 e. The van der Waals surface area contributed by atoms with E-state index in [0.29, 0.717) is 18.2 Å². The van der Waals surface area contributed by atoms with Crippen molar-refractivity contribution in [2.24, 2.45) is 0 Å². The van der Waals surface area contributed by atoms with Gasteiger partial charge in [-0.2, -0.15) is 0 Å². The summed E-state index contributed by atoms with van der Waals surface area (Å²) in [6.07, 6.45) is 3.62. The molecular formula is C21H20ClN3OS. The van der Waals surface area contributed by atoms with E-state index in [2.05, 4.69) is 15.2 Å². The van der Waals surface area contributed by atoms with Crippen molar-refractivity contribution in [3.8, 4) is 5.75 Å². The normalized spacial score (nSPS) is 10.3. The molecule has 1 aromatic heterocycles. The molecule has 6 heteroatoms. The van der Waals surface area contributed by atoms with Crippen molar-refractivity contribution < 1.29 is 4.74 Å². The molecule has 0 radical (unpaired) electrons. The molecule has 0 aliphatic rings. The SMILES string of the molecule is COc1ccc(NC(=S)N(Cc2ccc(Cl)cc2)Cc2cccnc2)cc1. The first-order chi connectivity index (χ1) is 13.1. The molecule has 0 spiro atoms. The van der Waals surface area contributed by atoms with Gasteiger partial charge in [0.1, 0.15) is 5.75 Å². The van der Waals surface area contributed by atoms with Gasteiger partial charge in [-0.3, -0.25) is 4.98 Å². The quantitative estimate of drug-likeness (QED) is 0.582. The molecule has 3 aromatic rings. The summed E-state index contributed by atoms with van der Waals surface area (Å²) in [5, 5.41) is 4.66. The average Bonchev–Trinajstić information content (AvgIpc) is 2.70. The second-order valence-corrected chi connectivity index (χ2v) is 6.83. The standard InChI is InChI=1S/C21H20ClN3OS/c1-26-20-10-8-19(9-11-20)24-21(27)25(15-17-3-2-12-23-13-17)14-16-4-6-18(22)7-5-16/h2-13H,14-15H2,1H3,(H,24,27). The zero-order chi connectivity index (χ0) is 19.1. The number of hydrogen-bond donors (Lipinski definition) is 1. The van der Waals surface area contributed by atoms with Crippen LogP contribution in [0.2, 0.25) is 5.02 Å². The molecule has 3 rings (SSSR count). The number of rotatable bonds is 6. The molecule has 0 bridgehead atoms. The number of thiocarbonyl (C=S) groups is 1. The van der Waals surface area contributed by atoms with E-state index >= 15 is 0 Å². The highest BCUT2D eigenvalue weighted by molar-refractivity contribution is 7.80. The van der Waals surface area contributed by atoms with Crippen LogP contribution in [-0.2, 0) is 13.1 Å². The van der Waals surface area contributed by atoms with E-state index in [1.54, 1.807) is 13.3 Å². The van der Waals surface area contributed by atoms with Gasteiger partial charge >= 0.3 is 0 Å². The monoisotopic (exact) mass is 397 g/mol. The van der Waals surface area contributed by atoms with Gasteiger partial charge < -0.3 is 15.0 Å². The predicted octanol–water partition coefficient (Wildman–Crippen LogP) is 5.14. The van der Waals surface area contributed by atoms with Crippen LogP contribution in [0.15, 0.2) is 73.1 Å². The molecule has 0 fully saturated rings. The fraction of sp³-hybridized carbons (Fsp3) is 0.143. The van der Waals surface area contributed by atoms with E-state index < -0.39 is 0 Å². The Hall–Kier alpha value is -2.63. The summed E-state index contributed by atoms with van der Waals surface area (Å²) in [6, 6.07) is 19.4. The number of hydrogen-bond acceptors (Lipinski definition) is 3. The molecule has 0 aliphatic carbocycles. The third kappa shape index (κ3) is 5.67. The Kier molecular flexibility index (Phi) is 6.63. The van der Waals surface area contributed by atoms with Crippen molar-refractivity contribution in [3.05, 3.63) is 89.2 Å². The molecule has 27 heavy (non-hydrogen) atoms. The first-order valence-electron chi connectivity index (χ1n) is 8.47. The Morgan fingerprint density at radius 3 is 2.37 bits per heavy atom. The van der Waals surface area contributed by atoms with Crippen LogP contribution in [0.3, 0.4) is 0 Å². The summed E-state index contributed by atoms with van der Waals surface area (Å²) in [5.41, 5.74) is 3.13. The highest BCUT2D eigenvalue weighted by Gasteiger charge is 2.12. The topological polar surface area (TPSA) is 37.4 Å². The summed E-state index contributed by atoms with van der Waals surface area (Å²) in [7, 11) is 1.65. The molecule has 0 unspecified atom stereocenters. The number of anilines is 1. The summed E-state index contributed by atoms with van der Waals surface area (Å²) in [4.78, 5) is 6.29. The molecule has 2 aromatic carbocycles. The van der Waals surface area contributed by atoms with E-state index in [4.69, 9.17) is 28.6 Å². The van der Waals surface area contributed by atoms with Gasteiger partial charge in [-0.15, -0.1) is 0 Å². The molecule has 0 atom stereocenters. The summed E-state index contributed by atoms with van der Waals surface area (Å²) in [6.45, 7) is 1.31. The molecule has 1 heterocycles. The van der Waals surface area contributed by atoms with Crippen molar-refractivity contribution in [3.63, 3.8) is 0 Å². The Morgan fingerprint density at radius 2 is 1.74 bits per heavy atom. The maximum absolute atomic E-state index is 6.00. The van der Waals surface area contributed by atoms with E-state index in [1.807, 2.05) is 66.9 Å². The molecule has 1 N–H and O–H groups in total. The number of nitrogens with one attached hydrogen (secondary N) is 1. The van der Waals surface area contributed by atoms with Crippen LogP contribution in [-0.4, -0.2) is 22.1 Å². The number of aromatic nitrogens is 1. The molecule has 0 amide bonds. The lowest BCUT2D eigenvalue weighted by molar-refractivity contribution is 0.412. The second-order valence-electron chi connectivity index (χ2n) is 6.00. The maximum atomic E-state index is 6.00. The largest absolute Gasteiger partial charge is 0.497 e. The Morgan fingerprint density at radius 1 is 1.04 bits per heavy atom. The first-order valence-corrected chi connectivity index (χ1v) is 9.26. The zero-order valence-electron chi connectivity index (χ0n) is 14.9. The minimum absolute atomic E-state index is 0.638. The van der Waals surface area contributed by atoms with Crippen LogP contribution in [0, 0.1) is 0 Å². The van der Waals surface area contributed by atoms with Crippen molar-refractivity contribution in [1.82, 2.24) is 9.88 Å². The summed E-state index contributed by atoms with van der Waals surface area (Å²) < 4.78 is 5.20. The van der Waals surface area contributed by atoms with Crippen LogP contribution in [0.4, 0.5) is 5.69 Å². The van der Waals surface area contributed by atoms with E-state index in [0.717, 1.165) is 27.6 Å². The Bertz CT molecular complexity index is 870. The van der Waals surface area contributed by atoms with Gasteiger partial charge in [0.15, 0.2) is 5.11 Å². The van der Waals surface area contributed by atoms with Crippen LogP contribution in [0.25, 0.3) is 0 Å². The molecule has 0 saturated carbocycles. The minimum atomic E-state index is 0.638. The zero-order valence-corrected chi connectivity index (χ0v) is 16.5. The van der Waals surface area contributed by atoms with Gasteiger partial charge in [-0.25, -0.2) is 0 Å². The summed E-state index contributed by atoms with van der Waals surface area (Å²) >= 11 is 11.7. The lowest BCUT2D eigenvalue weighted by Crippen LogP contribution is -2.33. The lowest BCUT2D eigenvalue weighted by atomic mass is 10.2. The Labute approximate surface area is 169 Å². The maximum Gasteiger partial charge on any atom is 0.174 e. The predicted molar refractivity (Wildman–Crippen MR) is 114 cm³/mol. The fourth-order valence-electron chi connectivity index (χ4n) is 2.60. The number of halogens is 1. The second kappa shape index (κ2) is 9.35. The van der Waals surface area contributed by atoms with E-state index in [-0.39, 0.29) is 0 Å². The highest BCUT2D eigenvalue weighted by Crippen LogP contribution is 2.18. The highest BCUT2D eigenvalue weighted by atomic mass is 35.5. The van der Waals surface area contributed by atoms with Crippen LogP contribution >= 0.6 is 23.8 Å². The van der Waals surface area contributed by atoms with Gasteiger partial charge in [0.05, 0.1) is 7.11 Å². The van der Waals surface area contributed by atoms with Gasteiger partial charge in [0.25, 0.3) is 0 Å². The molecule has 0 saturated heterocycles. The van der Waals surface area contributed by atoms with Gasteiger partial charge in [0, 0.05) is 36.2 Å². The van der Waals surface area contributed by atoms with Crippen LogP contribution in [0.5, 0.6) is 5.75 Å². The molecule has 4 nitrogen and oxygen atoms in total. The van der Waals surface area contributed by atoms with E-state index in [9.17, 15) is 0 Å². The van der Waals surface area contributed by atoms with E-state index in [1.165, 1.54) is 0 Å². The molecular weight excluding hydrogens is 378 g/mol. The number of nitrogens with zero attached hydrogens (tertiary/aromatic N) is 2. The third-order valence-corrected chi connectivity index (χ3v) is 4.62. The smallest absolute Gasteiger partial charge is 0.174 e. The van der Waals surface area contributed by atoms with Gasteiger partial charge in [-0.1, -0.05) is 29.8 Å². The van der Waals surface area contributed by atoms with Crippen molar-refractivity contribution >= 4 is 34.6 Å². The summed E-state index contributed by atoms with van der Waals surface area (Å²) in [5.74, 6) is 0.805. The molecule has 138 valence electrons. The van der Waals surface area contributed by atoms with Crippen LogP contribution < -0.4 is 10.1 Å². The molecule has 0 aliphatic heterocycles. The Balaban J connectivity index is 1.76. The average molecular weight is 398 g/mol.